The molecule has 11 heteroatoms. The third-order valence-electron chi connectivity index (χ3n) is 6.21. The molecule has 1 unspecified atom stereocenters. The van der Waals surface area contributed by atoms with Crippen molar-refractivity contribution in [3.05, 3.63) is 83.5 Å². The molecule has 0 radical (unpaired) electrons. The average molecular weight is 463 g/mol. The van der Waals surface area contributed by atoms with Crippen molar-refractivity contribution in [2.75, 3.05) is 13.7 Å². The summed E-state index contributed by atoms with van der Waals surface area (Å²) < 4.78 is 35.4. The molecule has 0 saturated carbocycles. The summed E-state index contributed by atoms with van der Waals surface area (Å²) in [5, 5.41) is 8.86. The molecule has 0 spiro atoms. The molecule has 0 aliphatic carbocycles. The lowest BCUT2D eigenvalue weighted by Gasteiger charge is -2.33. The van der Waals surface area contributed by atoms with Gasteiger partial charge >= 0.3 is 0 Å². The average Bonchev–Trinajstić information content (AvgIpc) is 3.59. The van der Waals surface area contributed by atoms with E-state index in [2.05, 4.69) is 20.2 Å². The highest BCUT2D eigenvalue weighted by atomic mass is 19.3. The van der Waals surface area contributed by atoms with Crippen LogP contribution >= 0.6 is 0 Å². The van der Waals surface area contributed by atoms with Crippen LogP contribution in [0.5, 0.6) is 5.75 Å². The highest BCUT2D eigenvalue weighted by Gasteiger charge is 2.37. The van der Waals surface area contributed by atoms with Gasteiger partial charge in [-0.1, -0.05) is 0 Å². The van der Waals surface area contributed by atoms with Crippen LogP contribution in [0, 0.1) is 0 Å². The van der Waals surface area contributed by atoms with Crippen LogP contribution in [-0.4, -0.2) is 53.7 Å². The van der Waals surface area contributed by atoms with Gasteiger partial charge in [0.25, 0.3) is 12.3 Å². The van der Waals surface area contributed by atoms with Gasteiger partial charge in [-0.2, -0.15) is 10.2 Å². The molecule has 5 aromatic rings. The number of halogens is 2. The molecule has 6 rings (SSSR count). The highest BCUT2D eigenvalue weighted by molar-refractivity contribution is 6.01. The Kier molecular flexibility index (Phi) is 4.57. The summed E-state index contributed by atoms with van der Waals surface area (Å²) in [5.41, 5.74) is 3.24. The van der Waals surface area contributed by atoms with E-state index in [9.17, 15) is 13.6 Å². The van der Waals surface area contributed by atoms with Gasteiger partial charge in [0.05, 0.1) is 53.8 Å². The zero-order valence-corrected chi connectivity index (χ0v) is 18.0. The molecule has 0 aromatic carbocycles. The Bertz CT molecular complexity index is 1540. The molecule has 0 fully saturated rings. The van der Waals surface area contributed by atoms with Crippen molar-refractivity contribution in [2.24, 2.45) is 0 Å². The Hall–Kier alpha value is -4.28. The van der Waals surface area contributed by atoms with Crippen LogP contribution in [0.2, 0.25) is 0 Å². The van der Waals surface area contributed by atoms with Gasteiger partial charge in [0.2, 0.25) is 0 Å². The van der Waals surface area contributed by atoms with E-state index in [-0.39, 0.29) is 11.5 Å². The van der Waals surface area contributed by atoms with E-state index in [1.165, 1.54) is 22.8 Å². The summed E-state index contributed by atoms with van der Waals surface area (Å²) in [7, 11) is 1.56. The number of methoxy groups -OCH3 is 1. The van der Waals surface area contributed by atoms with Crippen LogP contribution in [-0.2, 0) is 6.42 Å². The zero-order chi connectivity index (χ0) is 23.4. The minimum Gasteiger partial charge on any atom is -0.495 e. The van der Waals surface area contributed by atoms with E-state index >= 15 is 0 Å². The third-order valence-corrected chi connectivity index (χ3v) is 6.21. The van der Waals surface area contributed by atoms with Gasteiger partial charge in [-0.3, -0.25) is 4.79 Å². The van der Waals surface area contributed by atoms with Gasteiger partial charge in [0.15, 0.2) is 0 Å². The van der Waals surface area contributed by atoms with Crippen LogP contribution < -0.4 is 4.74 Å². The molecule has 9 nitrogen and oxygen atoms in total. The monoisotopic (exact) mass is 463 g/mol. The minimum atomic E-state index is -2.64. The number of carbonyl (C=O) groups excluding carboxylic acids is 1. The van der Waals surface area contributed by atoms with E-state index in [1.807, 2.05) is 0 Å². The molecule has 6 heterocycles. The first-order valence-corrected chi connectivity index (χ1v) is 10.7. The number of alkyl halides is 2. The quantitative estimate of drug-likeness (QED) is 0.441. The number of hydrogen-bond acceptors (Lipinski definition) is 5. The normalized spacial score (nSPS) is 15.9. The van der Waals surface area contributed by atoms with Crippen molar-refractivity contribution in [3.8, 4) is 5.75 Å². The summed E-state index contributed by atoms with van der Waals surface area (Å²) in [6.45, 7) is 0.405. The molecular weight excluding hydrogens is 444 g/mol. The molecule has 34 heavy (non-hydrogen) atoms. The second-order valence-corrected chi connectivity index (χ2v) is 8.04. The molecule has 0 saturated heterocycles. The summed E-state index contributed by atoms with van der Waals surface area (Å²) in [6, 6.07) is 7.42. The standard InChI is InChI=1S/C23H19F2N7O2/c1-34-13-4-5-18-15(10-28-32(18)11-13)23(33)30-8-6-16-20(27-12-26-16)21(30)17-9-19-14(22(24)25)3-2-7-31(19)29-17/h2-5,7,9-12,21-22H,6,8H2,1H3,(H,26,27). The number of aromatic amines is 1. The lowest BCUT2D eigenvalue weighted by Crippen LogP contribution is -2.41. The summed E-state index contributed by atoms with van der Waals surface area (Å²) in [4.78, 5) is 23.0. The van der Waals surface area contributed by atoms with Crippen LogP contribution in [0.1, 0.15) is 45.5 Å². The second kappa shape index (κ2) is 7.65. The van der Waals surface area contributed by atoms with Crippen molar-refractivity contribution in [2.45, 2.75) is 18.9 Å². The largest absolute Gasteiger partial charge is 0.495 e. The van der Waals surface area contributed by atoms with Crippen molar-refractivity contribution < 1.29 is 18.3 Å². The first-order chi connectivity index (χ1) is 16.5. The number of nitrogens with zero attached hydrogens (tertiary/aromatic N) is 6. The van der Waals surface area contributed by atoms with Crippen molar-refractivity contribution >= 4 is 16.9 Å². The predicted molar refractivity (Wildman–Crippen MR) is 117 cm³/mol. The fraction of sp³-hybridized carbons (Fsp3) is 0.217. The van der Waals surface area contributed by atoms with Crippen LogP contribution in [0.4, 0.5) is 8.78 Å². The lowest BCUT2D eigenvalue weighted by molar-refractivity contribution is 0.0689. The highest BCUT2D eigenvalue weighted by Crippen LogP contribution is 2.36. The van der Waals surface area contributed by atoms with Crippen LogP contribution in [0.3, 0.4) is 0 Å². The minimum absolute atomic E-state index is 0.117. The van der Waals surface area contributed by atoms with Crippen molar-refractivity contribution in [3.63, 3.8) is 0 Å². The first-order valence-electron chi connectivity index (χ1n) is 10.7. The number of aromatic nitrogens is 6. The Morgan fingerprint density at radius 1 is 1.24 bits per heavy atom. The van der Waals surface area contributed by atoms with Gasteiger partial charge in [-0.25, -0.2) is 22.8 Å². The van der Waals surface area contributed by atoms with E-state index in [4.69, 9.17) is 4.74 Å². The number of hydrogen-bond donors (Lipinski definition) is 1. The Morgan fingerprint density at radius 3 is 2.94 bits per heavy atom. The zero-order valence-electron chi connectivity index (χ0n) is 18.0. The number of nitrogens with one attached hydrogen (secondary N) is 1. The van der Waals surface area contributed by atoms with Crippen LogP contribution in [0.15, 0.2) is 55.2 Å². The third kappa shape index (κ3) is 3.04. The topological polar surface area (TPSA) is 92.8 Å². The fourth-order valence-corrected chi connectivity index (χ4v) is 4.57. The molecule has 1 atom stereocenters. The molecule has 1 amide bonds. The molecule has 172 valence electrons. The summed E-state index contributed by atoms with van der Waals surface area (Å²) in [5.74, 6) is 0.371. The second-order valence-electron chi connectivity index (χ2n) is 8.04. The molecule has 0 bridgehead atoms. The lowest BCUT2D eigenvalue weighted by atomic mass is 9.98. The molecule has 1 aliphatic heterocycles. The maximum atomic E-state index is 13.8. The van der Waals surface area contributed by atoms with Gasteiger partial charge < -0.3 is 14.6 Å². The van der Waals surface area contributed by atoms with Crippen LogP contribution in [0.25, 0.3) is 11.0 Å². The van der Waals surface area contributed by atoms with E-state index in [1.54, 1.807) is 53.4 Å². The van der Waals surface area contributed by atoms with Gasteiger partial charge in [-0.05, 0) is 30.3 Å². The van der Waals surface area contributed by atoms with E-state index in [0.29, 0.717) is 46.7 Å². The van der Waals surface area contributed by atoms with E-state index in [0.717, 1.165) is 5.69 Å². The van der Waals surface area contributed by atoms with Crippen molar-refractivity contribution in [1.29, 1.82) is 0 Å². The number of carbonyl (C=O) groups is 1. The van der Waals surface area contributed by atoms with Gasteiger partial charge in [-0.15, -0.1) is 0 Å². The Morgan fingerprint density at radius 2 is 2.12 bits per heavy atom. The van der Waals surface area contributed by atoms with Gasteiger partial charge in [0.1, 0.15) is 11.8 Å². The summed E-state index contributed by atoms with van der Waals surface area (Å²) >= 11 is 0. The molecule has 5 aromatic heterocycles. The van der Waals surface area contributed by atoms with Crippen molar-refractivity contribution in [1.82, 2.24) is 34.1 Å². The number of ether oxygens (including phenoxy) is 1. The van der Waals surface area contributed by atoms with E-state index < -0.39 is 12.5 Å². The molecule has 1 N–H and O–H groups in total. The number of fused-ring (bicyclic) bond motifs is 3. The maximum absolute atomic E-state index is 13.8. The molecular formula is C23H19F2N7O2. The number of pyridine rings is 2. The Balaban J connectivity index is 1.47. The molecule has 1 aliphatic rings. The number of imidazole rings is 1. The first kappa shape index (κ1) is 20.3. The predicted octanol–water partition coefficient (Wildman–Crippen LogP) is 3.44. The smallest absolute Gasteiger partial charge is 0.265 e. The maximum Gasteiger partial charge on any atom is 0.265 e. The number of amides is 1. The number of rotatable bonds is 4. The summed E-state index contributed by atoms with van der Waals surface area (Å²) in [6.07, 6.45) is 4.35. The van der Waals surface area contributed by atoms with Gasteiger partial charge in [0, 0.05) is 30.4 Å². The fourth-order valence-electron chi connectivity index (χ4n) is 4.57. The SMILES string of the molecule is COc1ccc2c(C(=O)N3CCc4[nH]cnc4C3c3cc4c(C(F)F)cccn4n3)cnn2c1. The number of H-pyrrole nitrogens is 1. The Labute approximate surface area is 191 Å².